The number of esters is 1. The first kappa shape index (κ1) is 15.4. The van der Waals surface area contributed by atoms with E-state index in [9.17, 15) is 4.79 Å². The van der Waals surface area contributed by atoms with E-state index < -0.39 is 6.04 Å². The lowest BCUT2D eigenvalue weighted by molar-refractivity contribution is -0.144. The van der Waals surface area contributed by atoms with Crippen LogP contribution in [0, 0.1) is 0 Å². The first-order chi connectivity index (χ1) is 8.58. The highest BCUT2D eigenvalue weighted by Gasteiger charge is 2.23. The van der Waals surface area contributed by atoms with Gasteiger partial charge in [0.2, 0.25) is 0 Å². The maximum absolute atomic E-state index is 11.4. The van der Waals surface area contributed by atoms with Crippen LogP contribution in [0.3, 0.4) is 0 Å². The minimum absolute atomic E-state index is 0.280. The molecule has 0 spiro atoms. The van der Waals surface area contributed by atoms with Crippen LogP contribution in [0.1, 0.15) is 27.2 Å². The smallest absolute Gasteiger partial charge is 0.322 e. The molecule has 5 nitrogen and oxygen atoms in total. The average Bonchev–Trinajstić information content (AvgIpc) is 2.36. The maximum Gasteiger partial charge on any atom is 0.322 e. The van der Waals surface area contributed by atoms with Crippen molar-refractivity contribution in [3.05, 3.63) is 0 Å². The number of hydrogen-bond acceptors (Lipinski definition) is 5. The quantitative estimate of drug-likeness (QED) is 0.693. The number of piperazine rings is 1. The summed E-state index contributed by atoms with van der Waals surface area (Å²) in [6, 6.07) is 0.104. The molecule has 0 amide bonds. The number of rotatable bonds is 6. The highest BCUT2D eigenvalue weighted by Crippen LogP contribution is 2.09. The van der Waals surface area contributed by atoms with Crippen LogP contribution in [0.2, 0.25) is 0 Å². The molecule has 1 fully saturated rings. The highest BCUT2D eigenvalue weighted by atomic mass is 16.5. The Morgan fingerprint density at radius 3 is 2.72 bits per heavy atom. The van der Waals surface area contributed by atoms with Gasteiger partial charge in [0, 0.05) is 32.2 Å². The molecule has 18 heavy (non-hydrogen) atoms. The first-order valence-electron chi connectivity index (χ1n) is 6.97. The lowest BCUT2D eigenvalue weighted by atomic mass is 10.1. The molecular weight excluding hydrogens is 230 g/mol. The lowest BCUT2D eigenvalue weighted by Gasteiger charge is -2.39. The van der Waals surface area contributed by atoms with Gasteiger partial charge in [-0.15, -0.1) is 0 Å². The number of hydrogen-bond donors (Lipinski definition) is 1. The average molecular weight is 257 g/mol. The Labute approximate surface area is 110 Å². The Balaban J connectivity index is 2.26. The van der Waals surface area contributed by atoms with E-state index in [1.165, 1.54) is 0 Å². The third-order valence-corrected chi connectivity index (χ3v) is 3.60. The van der Waals surface area contributed by atoms with E-state index in [0.717, 1.165) is 32.7 Å². The zero-order valence-electron chi connectivity index (χ0n) is 11.9. The maximum atomic E-state index is 11.4. The third-order valence-electron chi connectivity index (χ3n) is 3.60. The van der Waals surface area contributed by atoms with Gasteiger partial charge >= 0.3 is 5.97 Å². The Kier molecular flexibility index (Phi) is 6.60. The van der Waals surface area contributed by atoms with Gasteiger partial charge in [0.1, 0.15) is 6.04 Å². The summed E-state index contributed by atoms with van der Waals surface area (Å²) in [6.07, 6.45) is 0.678. The van der Waals surface area contributed by atoms with E-state index >= 15 is 0 Å². The van der Waals surface area contributed by atoms with Crippen LogP contribution < -0.4 is 5.73 Å². The molecular formula is C13H27N3O2. The first-order valence-corrected chi connectivity index (χ1v) is 6.97. The number of ether oxygens (including phenoxy) is 1. The Morgan fingerprint density at radius 2 is 2.17 bits per heavy atom. The zero-order chi connectivity index (χ0) is 13.5. The molecule has 2 atom stereocenters. The van der Waals surface area contributed by atoms with Crippen LogP contribution >= 0.6 is 0 Å². The van der Waals surface area contributed by atoms with E-state index in [0.29, 0.717) is 19.1 Å². The van der Waals surface area contributed by atoms with Crippen molar-refractivity contribution in [2.45, 2.75) is 39.3 Å². The van der Waals surface area contributed by atoms with E-state index in [4.69, 9.17) is 10.5 Å². The largest absolute Gasteiger partial charge is 0.465 e. The fourth-order valence-corrected chi connectivity index (χ4v) is 2.43. The molecule has 1 aliphatic heterocycles. The summed E-state index contributed by atoms with van der Waals surface area (Å²) in [5.41, 5.74) is 5.80. The van der Waals surface area contributed by atoms with Crippen LogP contribution in [-0.2, 0) is 9.53 Å². The van der Waals surface area contributed by atoms with Crippen molar-refractivity contribution in [3.63, 3.8) is 0 Å². The fourth-order valence-electron chi connectivity index (χ4n) is 2.43. The lowest BCUT2D eigenvalue weighted by Crippen LogP contribution is -2.52. The predicted octanol–water partition coefficient (Wildman–Crippen LogP) is 0.293. The van der Waals surface area contributed by atoms with Crippen LogP contribution in [0.15, 0.2) is 0 Å². The topological polar surface area (TPSA) is 58.8 Å². The zero-order valence-corrected chi connectivity index (χ0v) is 11.9. The van der Waals surface area contributed by atoms with Crippen LogP contribution in [0.25, 0.3) is 0 Å². The summed E-state index contributed by atoms with van der Waals surface area (Å²) >= 11 is 0. The normalized spacial score (nSPS) is 23.9. The minimum atomic E-state index is -0.482. The standard InChI is InChI=1S/C13H27N3O2/c1-4-16-9-8-15(10-11(16)3)7-6-12(14)13(17)18-5-2/h11-12H,4-10,14H2,1-3H3. The Hall–Kier alpha value is -0.650. The second kappa shape index (κ2) is 7.71. The molecule has 0 bridgehead atoms. The molecule has 1 aliphatic rings. The number of carbonyl (C=O) groups excluding carboxylic acids is 1. The molecule has 1 saturated heterocycles. The third kappa shape index (κ3) is 4.55. The molecule has 1 heterocycles. The molecule has 2 unspecified atom stereocenters. The number of carbonyl (C=O) groups is 1. The molecule has 1 rings (SSSR count). The summed E-state index contributed by atoms with van der Waals surface area (Å²) in [5, 5.41) is 0. The van der Waals surface area contributed by atoms with Crippen LogP contribution in [0.4, 0.5) is 0 Å². The van der Waals surface area contributed by atoms with Crippen molar-refractivity contribution in [3.8, 4) is 0 Å². The summed E-state index contributed by atoms with van der Waals surface area (Å²) < 4.78 is 4.91. The van der Waals surface area contributed by atoms with Crippen molar-refractivity contribution in [2.75, 3.05) is 39.3 Å². The van der Waals surface area contributed by atoms with Gasteiger partial charge < -0.3 is 15.4 Å². The van der Waals surface area contributed by atoms with Crippen LogP contribution in [-0.4, -0.2) is 67.2 Å². The monoisotopic (exact) mass is 257 g/mol. The molecule has 0 saturated carbocycles. The van der Waals surface area contributed by atoms with Crippen molar-refractivity contribution < 1.29 is 9.53 Å². The van der Waals surface area contributed by atoms with Gasteiger partial charge in [0.05, 0.1) is 6.61 Å². The molecule has 0 aliphatic carbocycles. The molecule has 0 aromatic carbocycles. The Morgan fingerprint density at radius 1 is 1.44 bits per heavy atom. The molecule has 0 aromatic heterocycles. The van der Waals surface area contributed by atoms with Gasteiger partial charge in [0.25, 0.3) is 0 Å². The minimum Gasteiger partial charge on any atom is -0.465 e. The van der Waals surface area contributed by atoms with E-state index in [1.54, 1.807) is 6.92 Å². The molecule has 5 heteroatoms. The van der Waals surface area contributed by atoms with Gasteiger partial charge in [-0.2, -0.15) is 0 Å². The van der Waals surface area contributed by atoms with E-state index in [-0.39, 0.29) is 5.97 Å². The molecule has 2 N–H and O–H groups in total. The number of nitrogens with two attached hydrogens (primary N) is 1. The van der Waals surface area contributed by atoms with E-state index in [1.807, 2.05) is 0 Å². The fraction of sp³-hybridized carbons (Fsp3) is 0.923. The van der Waals surface area contributed by atoms with Crippen LogP contribution in [0.5, 0.6) is 0 Å². The van der Waals surface area contributed by atoms with Gasteiger partial charge in [-0.05, 0) is 26.8 Å². The molecule has 0 aromatic rings. The summed E-state index contributed by atoms with van der Waals surface area (Å²) in [6.45, 7) is 11.9. The number of likely N-dealkylation sites (N-methyl/N-ethyl adjacent to an activating group) is 1. The summed E-state index contributed by atoms with van der Waals surface area (Å²) in [5.74, 6) is -0.280. The van der Waals surface area contributed by atoms with Crippen molar-refractivity contribution in [2.24, 2.45) is 5.73 Å². The van der Waals surface area contributed by atoms with Crippen molar-refractivity contribution in [1.82, 2.24) is 9.80 Å². The molecule has 0 radical (unpaired) electrons. The van der Waals surface area contributed by atoms with Gasteiger partial charge in [-0.3, -0.25) is 9.69 Å². The number of nitrogens with zero attached hydrogens (tertiary/aromatic N) is 2. The molecule has 106 valence electrons. The predicted molar refractivity (Wildman–Crippen MR) is 72.4 cm³/mol. The second-order valence-electron chi connectivity index (χ2n) is 4.93. The summed E-state index contributed by atoms with van der Waals surface area (Å²) in [4.78, 5) is 16.3. The Bertz CT molecular complexity index is 261. The second-order valence-corrected chi connectivity index (χ2v) is 4.93. The SMILES string of the molecule is CCOC(=O)C(N)CCN1CCN(CC)C(C)C1. The van der Waals surface area contributed by atoms with Crippen molar-refractivity contribution in [1.29, 1.82) is 0 Å². The van der Waals surface area contributed by atoms with Gasteiger partial charge in [-0.25, -0.2) is 0 Å². The summed E-state index contributed by atoms with van der Waals surface area (Å²) in [7, 11) is 0. The highest BCUT2D eigenvalue weighted by molar-refractivity contribution is 5.75. The van der Waals surface area contributed by atoms with Gasteiger partial charge in [0.15, 0.2) is 0 Å². The van der Waals surface area contributed by atoms with E-state index in [2.05, 4.69) is 23.6 Å². The van der Waals surface area contributed by atoms with Crippen molar-refractivity contribution >= 4 is 5.97 Å². The van der Waals surface area contributed by atoms with Gasteiger partial charge in [-0.1, -0.05) is 6.92 Å².